The smallest absolute Gasteiger partial charge is 0.242 e. The average Bonchev–Trinajstić information content (AvgIpc) is 3.37. The SMILES string of the molecule is COc1ccc(C(C(=O)NC2CCCC2)N2CCC3(CC2)OCCO3)cc1. The molecule has 1 amide bonds. The van der Waals surface area contributed by atoms with Crippen LogP contribution in [0.25, 0.3) is 0 Å². The molecule has 0 radical (unpaired) electrons. The highest BCUT2D eigenvalue weighted by Gasteiger charge is 2.42. The Morgan fingerprint density at radius 1 is 1.15 bits per heavy atom. The molecule has 6 nitrogen and oxygen atoms in total. The molecule has 148 valence electrons. The Morgan fingerprint density at radius 2 is 1.78 bits per heavy atom. The number of nitrogens with one attached hydrogen (secondary N) is 1. The van der Waals surface area contributed by atoms with E-state index in [-0.39, 0.29) is 11.9 Å². The summed E-state index contributed by atoms with van der Waals surface area (Å²) in [4.78, 5) is 15.5. The monoisotopic (exact) mass is 374 g/mol. The minimum atomic E-state index is -0.428. The number of benzene rings is 1. The molecule has 27 heavy (non-hydrogen) atoms. The second kappa shape index (κ2) is 8.17. The van der Waals surface area contributed by atoms with E-state index in [1.54, 1.807) is 7.11 Å². The van der Waals surface area contributed by atoms with Crippen LogP contribution in [-0.2, 0) is 14.3 Å². The van der Waals surface area contributed by atoms with Crippen molar-refractivity contribution in [3.05, 3.63) is 29.8 Å². The first-order chi connectivity index (χ1) is 13.2. The van der Waals surface area contributed by atoms with E-state index < -0.39 is 5.79 Å². The van der Waals surface area contributed by atoms with E-state index in [2.05, 4.69) is 10.2 Å². The third-order valence-corrected chi connectivity index (χ3v) is 6.12. The van der Waals surface area contributed by atoms with Gasteiger partial charge in [0.2, 0.25) is 5.91 Å². The molecular formula is C21H30N2O4. The number of ether oxygens (including phenoxy) is 3. The molecule has 1 unspecified atom stereocenters. The van der Waals surface area contributed by atoms with Gasteiger partial charge in [0.05, 0.1) is 20.3 Å². The molecule has 1 saturated carbocycles. The van der Waals surface area contributed by atoms with E-state index in [1.165, 1.54) is 12.8 Å². The summed E-state index contributed by atoms with van der Waals surface area (Å²) in [7, 11) is 1.66. The second-order valence-electron chi connectivity index (χ2n) is 7.81. The Labute approximate surface area is 161 Å². The van der Waals surface area contributed by atoms with Gasteiger partial charge in [0.15, 0.2) is 5.79 Å². The normalized spacial score (nSPS) is 24.2. The van der Waals surface area contributed by atoms with E-state index in [9.17, 15) is 4.79 Å². The zero-order valence-corrected chi connectivity index (χ0v) is 16.1. The predicted molar refractivity (Wildman–Crippen MR) is 102 cm³/mol. The highest BCUT2D eigenvalue weighted by atomic mass is 16.7. The molecule has 1 spiro atoms. The van der Waals surface area contributed by atoms with Gasteiger partial charge in [0.25, 0.3) is 0 Å². The van der Waals surface area contributed by atoms with Gasteiger partial charge in [-0.05, 0) is 30.5 Å². The summed E-state index contributed by atoms with van der Waals surface area (Å²) < 4.78 is 17.0. The van der Waals surface area contributed by atoms with Crippen molar-refractivity contribution in [2.24, 2.45) is 0 Å². The summed E-state index contributed by atoms with van der Waals surface area (Å²) in [5, 5.41) is 3.29. The number of hydrogen-bond donors (Lipinski definition) is 1. The number of nitrogens with zero attached hydrogens (tertiary/aromatic N) is 1. The molecule has 1 aromatic carbocycles. The van der Waals surface area contributed by atoms with Crippen LogP contribution < -0.4 is 10.1 Å². The molecule has 2 heterocycles. The van der Waals surface area contributed by atoms with Crippen molar-refractivity contribution in [2.75, 3.05) is 33.4 Å². The maximum atomic E-state index is 13.2. The van der Waals surface area contributed by atoms with Crippen molar-refractivity contribution in [3.63, 3.8) is 0 Å². The maximum absolute atomic E-state index is 13.2. The van der Waals surface area contributed by atoms with Crippen molar-refractivity contribution in [3.8, 4) is 5.75 Å². The van der Waals surface area contributed by atoms with E-state index in [4.69, 9.17) is 14.2 Å². The number of amides is 1. The van der Waals surface area contributed by atoms with Crippen LogP contribution >= 0.6 is 0 Å². The van der Waals surface area contributed by atoms with Crippen molar-refractivity contribution in [1.82, 2.24) is 10.2 Å². The predicted octanol–water partition coefficient (Wildman–Crippen LogP) is 2.63. The Balaban J connectivity index is 1.50. The molecule has 1 atom stereocenters. The van der Waals surface area contributed by atoms with Crippen molar-refractivity contribution >= 4 is 5.91 Å². The van der Waals surface area contributed by atoms with Crippen LogP contribution in [-0.4, -0.2) is 56.0 Å². The molecule has 3 fully saturated rings. The largest absolute Gasteiger partial charge is 0.497 e. The van der Waals surface area contributed by atoms with Gasteiger partial charge in [-0.1, -0.05) is 25.0 Å². The van der Waals surface area contributed by atoms with Gasteiger partial charge in [-0.15, -0.1) is 0 Å². The van der Waals surface area contributed by atoms with Crippen LogP contribution in [0.1, 0.15) is 50.1 Å². The first-order valence-corrected chi connectivity index (χ1v) is 10.2. The minimum absolute atomic E-state index is 0.108. The third-order valence-electron chi connectivity index (χ3n) is 6.12. The molecule has 1 aliphatic carbocycles. The van der Waals surface area contributed by atoms with Gasteiger partial charge in [-0.2, -0.15) is 0 Å². The number of piperidine rings is 1. The number of likely N-dealkylation sites (tertiary alicyclic amines) is 1. The molecule has 2 aliphatic heterocycles. The summed E-state index contributed by atoms with van der Waals surface area (Å²) in [6, 6.07) is 7.90. The summed E-state index contributed by atoms with van der Waals surface area (Å²) in [5.41, 5.74) is 1.01. The Bertz CT molecular complexity index is 626. The first kappa shape index (κ1) is 18.7. The summed E-state index contributed by atoms with van der Waals surface area (Å²) in [5.74, 6) is 0.485. The zero-order valence-electron chi connectivity index (χ0n) is 16.1. The summed E-state index contributed by atoms with van der Waals surface area (Å²) in [6.07, 6.45) is 6.20. The molecule has 1 aromatic rings. The van der Waals surface area contributed by atoms with Gasteiger partial charge in [0.1, 0.15) is 11.8 Å². The highest BCUT2D eigenvalue weighted by molar-refractivity contribution is 5.83. The van der Waals surface area contributed by atoms with E-state index in [0.29, 0.717) is 19.3 Å². The Hall–Kier alpha value is -1.63. The lowest BCUT2D eigenvalue weighted by atomic mass is 9.97. The molecule has 4 rings (SSSR count). The second-order valence-corrected chi connectivity index (χ2v) is 7.81. The van der Waals surface area contributed by atoms with Gasteiger partial charge in [-0.3, -0.25) is 9.69 Å². The molecule has 1 N–H and O–H groups in total. The lowest BCUT2D eigenvalue weighted by molar-refractivity contribution is -0.189. The summed E-state index contributed by atoms with van der Waals surface area (Å²) >= 11 is 0. The molecule has 0 bridgehead atoms. The van der Waals surface area contributed by atoms with Crippen LogP contribution in [0.3, 0.4) is 0 Å². The minimum Gasteiger partial charge on any atom is -0.497 e. The van der Waals surface area contributed by atoms with Crippen molar-refractivity contribution in [1.29, 1.82) is 0 Å². The molecule has 3 aliphatic rings. The Kier molecular flexibility index (Phi) is 5.66. The van der Waals surface area contributed by atoms with Crippen LogP contribution in [0.2, 0.25) is 0 Å². The quantitative estimate of drug-likeness (QED) is 0.859. The van der Waals surface area contributed by atoms with Crippen LogP contribution in [0.4, 0.5) is 0 Å². The lowest BCUT2D eigenvalue weighted by Gasteiger charge is -2.41. The maximum Gasteiger partial charge on any atom is 0.242 e. The van der Waals surface area contributed by atoms with Gasteiger partial charge in [0, 0.05) is 32.0 Å². The topological polar surface area (TPSA) is 60.0 Å². The fourth-order valence-electron chi connectivity index (χ4n) is 4.57. The lowest BCUT2D eigenvalue weighted by Crippen LogP contribution is -2.50. The zero-order chi connectivity index (χ0) is 18.7. The van der Waals surface area contributed by atoms with Gasteiger partial charge >= 0.3 is 0 Å². The third kappa shape index (κ3) is 4.13. The van der Waals surface area contributed by atoms with Crippen molar-refractivity contribution < 1.29 is 19.0 Å². The number of carbonyl (C=O) groups excluding carboxylic acids is 1. The van der Waals surface area contributed by atoms with Gasteiger partial charge in [-0.25, -0.2) is 0 Å². The average molecular weight is 374 g/mol. The highest BCUT2D eigenvalue weighted by Crippen LogP contribution is 2.35. The van der Waals surface area contributed by atoms with E-state index in [0.717, 1.165) is 50.1 Å². The molecule has 6 heteroatoms. The van der Waals surface area contributed by atoms with E-state index >= 15 is 0 Å². The summed E-state index contributed by atoms with van der Waals surface area (Å²) in [6.45, 7) is 2.91. The Morgan fingerprint density at radius 3 is 2.37 bits per heavy atom. The first-order valence-electron chi connectivity index (χ1n) is 10.2. The fraction of sp³-hybridized carbons (Fsp3) is 0.667. The number of rotatable bonds is 5. The van der Waals surface area contributed by atoms with Crippen LogP contribution in [0.15, 0.2) is 24.3 Å². The van der Waals surface area contributed by atoms with Crippen LogP contribution in [0, 0.1) is 0 Å². The van der Waals surface area contributed by atoms with Gasteiger partial charge < -0.3 is 19.5 Å². The molecule has 2 saturated heterocycles. The number of carbonyl (C=O) groups is 1. The fourth-order valence-corrected chi connectivity index (χ4v) is 4.57. The van der Waals surface area contributed by atoms with Crippen molar-refractivity contribution in [2.45, 2.75) is 56.4 Å². The number of hydrogen-bond acceptors (Lipinski definition) is 5. The standard InChI is InChI=1S/C21H30N2O4/c1-25-18-8-6-16(7-9-18)19(20(24)22-17-4-2-3-5-17)23-12-10-21(11-13-23)26-14-15-27-21/h6-9,17,19H,2-5,10-15H2,1H3,(H,22,24). The molecule has 0 aromatic heterocycles. The van der Waals surface area contributed by atoms with Crippen LogP contribution in [0.5, 0.6) is 5.75 Å². The van der Waals surface area contributed by atoms with E-state index in [1.807, 2.05) is 24.3 Å². The molecular weight excluding hydrogens is 344 g/mol. The number of methoxy groups -OCH3 is 1.